The van der Waals surface area contributed by atoms with E-state index in [0.717, 1.165) is 36.5 Å². The number of hydrogen-bond acceptors (Lipinski definition) is 4. The molecule has 0 aliphatic heterocycles. The molecule has 2 N–H and O–H groups in total. The monoisotopic (exact) mass is 418 g/mol. The first-order valence-electron chi connectivity index (χ1n) is 10.6. The summed E-state index contributed by atoms with van der Waals surface area (Å²) in [6.45, 7) is 9.41. The maximum absolute atomic E-state index is 11.6. The molecule has 159 valence electrons. The number of esters is 1. The van der Waals surface area contributed by atoms with Crippen molar-refractivity contribution in [2.24, 2.45) is 23.7 Å². The van der Waals surface area contributed by atoms with Crippen molar-refractivity contribution < 1.29 is 14.6 Å². The smallest absolute Gasteiger partial charge is 0.303 e. The molecule has 0 bridgehead atoms. The summed E-state index contributed by atoms with van der Waals surface area (Å²) >= 11 is 6.07. The second-order valence-corrected chi connectivity index (χ2v) is 9.34. The van der Waals surface area contributed by atoms with Crippen LogP contribution in [0.25, 0.3) is 0 Å². The number of nitrogens with one attached hydrogen (secondary N) is 1. The molecule has 4 nitrogen and oxygen atoms in total. The lowest BCUT2D eigenvalue weighted by Gasteiger charge is -2.52. The zero-order valence-electron chi connectivity index (χ0n) is 17.8. The number of aliphatic hydroxyl groups is 1. The van der Waals surface area contributed by atoms with Crippen LogP contribution in [0.4, 0.5) is 0 Å². The van der Waals surface area contributed by atoms with Gasteiger partial charge in [0.15, 0.2) is 0 Å². The van der Waals surface area contributed by atoms with Gasteiger partial charge >= 0.3 is 5.97 Å². The van der Waals surface area contributed by atoms with Crippen LogP contribution in [-0.2, 0) is 16.1 Å². The van der Waals surface area contributed by atoms with Gasteiger partial charge in [0.25, 0.3) is 0 Å². The molecular formula is C24H33ClNO3. The van der Waals surface area contributed by atoms with Crippen LogP contribution in [0, 0.1) is 30.1 Å². The van der Waals surface area contributed by atoms with Crippen LogP contribution in [0.2, 0.25) is 5.02 Å². The van der Waals surface area contributed by atoms with Gasteiger partial charge in [0.2, 0.25) is 0 Å². The Morgan fingerprint density at radius 1 is 1.41 bits per heavy atom. The number of hydrogen-bond donors (Lipinski definition) is 2. The predicted octanol–water partition coefficient (Wildman–Crippen LogP) is 4.55. The minimum Gasteiger partial charge on any atom is -0.458 e. The molecule has 0 spiro atoms. The molecule has 3 rings (SSSR count). The van der Waals surface area contributed by atoms with Crippen molar-refractivity contribution in [3.63, 3.8) is 0 Å². The maximum atomic E-state index is 11.6. The molecular weight excluding hydrogens is 386 g/mol. The molecule has 0 aromatic heterocycles. The summed E-state index contributed by atoms with van der Waals surface area (Å²) in [6, 6.07) is 7.91. The third-order valence-electron chi connectivity index (χ3n) is 6.74. The van der Waals surface area contributed by atoms with E-state index in [1.165, 1.54) is 12.5 Å². The van der Waals surface area contributed by atoms with Crippen LogP contribution in [0.3, 0.4) is 0 Å². The summed E-state index contributed by atoms with van der Waals surface area (Å²) in [5.74, 6) is 0.631. The predicted molar refractivity (Wildman–Crippen MR) is 116 cm³/mol. The Labute approximate surface area is 179 Å². The number of ether oxygens (including phenoxy) is 1. The van der Waals surface area contributed by atoms with E-state index >= 15 is 0 Å². The molecule has 5 heteroatoms. The number of rotatable bonds is 6. The standard InChI is InChI=1S/C24H33ClNO3/c1-15-10-22-21(16(2)13-26-14-19-6-5-7-20(25)11-19)9-8-17(3)24(22,28)12-23(15)29-18(4)27/h5-7,10-12,16-17,21-23,26,28H,8-9,13-14H2,1-4H3/t16?,17-,21+,22-,23-,24-/m1/s1. The largest absolute Gasteiger partial charge is 0.458 e. The van der Waals surface area contributed by atoms with Gasteiger partial charge in [0, 0.05) is 30.8 Å². The Bertz CT molecular complexity index is 764. The Kier molecular flexibility index (Phi) is 7.08. The number of benzene rings is 1. The number of carbonyl (C=O) groups excluding carboxylic acids is 1. The summed E-state index contributed by atoms with van der Waals surface area (Å²) in [4.78, 5) is 11.5. The van der Waals surface area contributed by atoms with Gasteiger partial charge in [0.05, 0.1) is 5.60 Å². The molecule has 1 radical (unpaired) electrons. The average molecular weight is 419 g/mol. The van der Waals surface area contributed by atoms with Crippen molar-refractivity contribution in [1.82, 2.24) is 5.32 Å². The first kappa shape index (κ1) is 22.3. The second-order valence-electron chi connectivity index (χ2n) is 8.90. The Morgan fingerprint density at radius 3 is 2.86 bits per heavy atom. The number of halogens is 1. The lowest BCUT2D eigenvalue weighted by molar-refractivity contribution is -0.148. The highest BCUT2D eigenvalue weighted by atomic mass is 35.5. The maximum Gasteiger partial charge on any atom is 0.303 e. The fourth-order valence-electron chi connectivity index (χ4n) is 5.00. The zero-order valence-corrected chi connectivity index (χ0v) is 18.6. The molecule has 2 aliphatic carbocycles. The molecule has 1 aromatic carbocycles. The third-order valence-corrected chi connectivity index (χ3v) is 6.97. The van der Waals surface area contributed by atoms with Gasteiger partial charge in [-0.15, -0.1) is 0 Å². The van der Waals surface area contributed by atoms with Crippen molar-refractivity contribution in [3.05, 3.63) is 52.9 Å². The molecule has 1 saturated carbocycles. The lowest BCUT2D eigenvalue weighted by Crippen LogP contribution is -2.56. The van der Waals surface area contributed by atoms with Crippen molar-refractivity contribution in [2.45, 2.75) is 58.8 Å². The highest BCUT2D eigenvalue weighted by Gasteiger charge is 2.52. The normalized spacial score (nSPS) is 32.8. The van der Waals surface area contributed by atoms with E-state index in [4.69, 9.17) is 16.3 Å². The van der Waals surface area contributed by atoms with Gasteiger partial charge in [-0.1, -0.05) is 43.7 Å². The molecule has 0 amide bonds. The number of carbonyl (C=O) groups is 1. The minimum absolute atomic E-state index is 0.0426. The first-order valence-corrected chi connectivity index (χ1v) is 11.0. The molecule has 2 aliphatic rings. The van der Waals surface area contributed by atoms with Gasteiger partial charge in [-0.05, 0) is 67.3 Å². The van der Waals surface area contributed by atoms with Gasteiger partial charge in [-0.25, -0.2) is 0 Å². The van der Waals surface area contributed by atoms with Gasteiger partial charge < -0.3 is 15.2 Å². The topological polar surface area (TPSA) is 58.6 Å². The van der Waals surface area contributed by atoms with Crippen LogP contribution in [0.15, 0.2) is 35.9 Å². The minimum atomic E-state index is -0.941. The summed E-state index contributed by atoms with van der Waals surface area (Å²) in [5.41, 5.74) is 1.24. The van der Waals surface area contributed by atoms with E-state index in [-0.39, 0.29) is 17.8 Å². The van der Waals surface area contributed by atoms with Crippen molar-refractivity contribution in [2.75, 3.05) is 6.54 Å². The van der Waals surface area contributed by atoms with Gasteiger partial charge in [0.1, 0.15) is 6.10 Å². The third kappa shape index (κ3) is 5.04. The molecule has 1 aromatic rings. The van der Waals surface area contributed by atoms with Crippen LogP contribution < -0.4 is 5.32 Å². The average Bonchev–Trinajstić information content (AvgIpc) is 2.64. The Morgan fingerprint density at radius 2 is 2.17 bits per heavy atom. The van der Waals surface area contributed by atoms with Crippen LogP contribution >= 0.6 is 11.6 Å². The molecule has 1 fully saturated rings. The van der Waals surface area contributed by atoms with E-state index in [0.29, 0.717) is 11.8 Å². The fraction of sp³-hybridized carbons (Fsp3) is 0.583. The van der Waals surface area contributed by atoms with E-state index < -0.39 is 11.7 Å². The van der Waals surface area contributed by atoms with E-state index in [1.807, 2.05) is 31.5 Å². The quantitative estimate of drug-likeness (QED) is 0.525. The highest BCUT2D eigenvalue weighted by Crippen LogP contribution is 2.50. The van der Waals surface area contributed by atoms with E-state index in [2.05, 4.69) is 31.3 Å². The Hall–Kier alpha value is -1.36. The second kappa shape index (κ2) is 9.20. The first-order chi connectivity index (χ1) is 13.7. The fourth-order valence-corrected chi connectivity index (χ4v) is 5.21. The molecule has 0 saturated heterocycles. The highest BCUT2D eigenvalue weighted by molar-refractivity contribution is 6.30. The summed E-state index contributed by atoms with van der Waals surface area (Å²) in [5, 5.41) is 15.9. The van der Waals surface area contributed by atoms with E-state index in [1.54, 1.807) is 0 Å². The zero-order chi connectivity index (χ0) is 21.2. The molecule has 1 unspecified atom stereocenters. The van der Waals surface area contributed by atoms with Crippen LogP contribution in [0.5, 0.6) is 0 Å². The van der Waals surface area contributed by atoms with Crippen LogP contribution in [0.1, 0.15) is 46.1 Å². The van der Waals surface area contributed by atoms with Gasteiger partial charge in [-0.3, -0.25) is 4.79 Å². The summed E-state index contributed by atoms with van der Waals surface area (Å²) < 4.78 is 5.44. The van der Waals surface area contributed by atoms with Crippen molar-refractivity contribution in [1.29, 1.82) is 0 Å². The molecule has 6 atom stereocenters. The van der Waals surface area contributed by atoms with Crippen molar-refractivity contribution >= 4 is 17.6 Å². The lowest BCUT2D eigenvalue weighted by atomic mass is 9.57. The number of fused-ring (bicyclic) bond motifs is 1. The summed E-state index contributed by atoms with van der Waals surface area (Å²) in [7, 11) is 0. The molecule has 29 heavy (non-hydrogen) atoms. The van der Waals surface area contributed by atoms with Crippen LogP contribution in [-0.4, -0.2) is 29.3 Å². The summed E-state index contributed by atoms with van der Waals surface area (Å²) in [6.07, 6.45) is 5.64. The SMILES string of the molecule is CC(=O)O[C@@H]1[CH][C@@]2(O)[C@H](C)CC[C@@H](C(C)CNCc3cccc(Cl)c3)[C@H]2C=C1C. The molecule has 0 heterocycles. The van der Waals surface area contributed by atoms with Crippen molar-refractivity contribution in [3.8, 4) is 0 Å². The van der Waals surface area contributed by atoms with E-state index in [9.17, 15) is 9.90 Å². The van der Waals surface area contributed by atoms with Gasteiger partial charge in [-0.2, -0.15) is 0 Å². The Balaban J connectivity index is 1.69.